The van der Waals surface area contributed by atoms with Crippen molar-refractivity contribution in [1.82, 2.24) is 14.3 Å². The van der Waals surface area contributed by atoms with Crippen LogP contribution in [0.15, 0.2) is 36.5 Å². The fraction of sp³-hybridized carbons (Fsp3) is 0.400. The molecule has 3 aromatic rings. The summed E-state index contributed by atoms with van der Waals surface area (Å²) in [5.41, 5.74) is 7.23. The van der Waals surface area contributed by atoms with E-state index in [-0.39, 0.29) is 11.7 Å². The van der Waals surface area contributed by atoms with Gasteiger partial charge in [0.1, 0.15) is 5.65 Å². The number of piperidine rings is 1. The van der Waals surface area contributed by atoms with Gasteiger partial charge in [0.15, 0.2) is 5.78 Å². The number of carbonyl (C=O) groups is 2. The highest BCUT2D eigenvalue weighted by Gasteiger charge is 2.24. The average molecular weight is 404 g/mol. The molecule has 1 aliphatic heterocycles. The monoisotopic (exact) mass is 403 g/mol. The first-order chi connectivity index (χ1) is 14.3. The van der Waals surface area contributed by atoms with E-state index >= 15 is 0 Å². The normalized spacial score (nSPS) is 15.0. The van der Waals surface area contributed by atoms with E-state index in [1.807, 2.05) is 30.0 Å². The van der Waals surface area contributed by atoms with E-state index in [1.165, 1.54) is 11.3 Å². The van der Waals surface area contributed by atoms with Crippen LogP contribution in [-0.4, -0.2) is 39.1 Å². The van der Waals surface area contributed by atoms with Gasteiger partial charge >= 0.3 is 0 Å². The first kappa shape index (κ1) is 20.3. The van der Waals surface area contributed by atoms with Crippen molar-refractivity contribution >= 4 is 17.3 Å². The summed E-state index contributed by atoms with van der Waals surface area (Å²) >= 11 is 0. The number of rotatable bonds is 4. The smallest absolute Gasteiger partial charge is 0.219 e. The molecule has 30 heavy (non-hydrogen) atoms. The van der Waals surface area contributed by atoms with Crippen LogP contribution >= 0.6 is 0 Å². The Kier molecular flexibility index (Phi) is 5.46. The number of imidazole rings is 1. The van der Waals surface area contributed by atoms with Gasteiger partial charge in [-0.1, -0.05) is 12.1 Å². The third-order valence-corrected chi connectivity index (χ3v) is 6.31. The highest BCUT2D eigenvalue weighted by Crippen LogP contribution is 2.32. The third kappa shape index (κ3) is 3.89. The highest BCUT2D eigenvalue weighted by atomic mass is 16.2. The van der Waals surface area contributed by atoms with E-state index in [2.05, 4.69) is 29.7 Å². The molecule has 0 unspecified atom stereocenters. The number of aryl methyl sites for hydroxylation is 2. The second-order valence-electron chi connectivity index (χ2n) is 8.58. The Bertz CT molecular complexity index is 1120. The molecule has 1 saturated heterocycles. The minimum absolute atomic E-state index is 0.0766. The molecule has 3 heterocycles. The first-order valence-electron chi connectivity index (χ1n) is 10.7. The number of likely N-dealkylation sites (tertiary alicyclic amines) is 1. The average Bonchev–Trinajstić information content (AvgIpc) is 3.05. The summed E-state index contributed by atoms with van der Waals surface area (Å²) in [4.78, 5) is 30.4. The number of ketones is 1. The van der Waals surface area contributed by atoms with Crippen LogP contribution in [0.3, 0.4) is 0 Å². The number of nitrogens with zero attached hydrogens (tertiary/aromatic N) is 3. The number of amides is 1. The van der Waals surface area contributed by atoms with Crippen LogP contribution in [0.1, 0.15) is 53.9 Å². The second kappa shape index (κ2) is 8.05. The van der Waals surface area contributed by atoms with E-state index in [0.29, 0.717) is 5.92 Å². The van der Waals surface area contributed by atoms with Gasteiger partial charge in [0, 0.05) is 37.3 Å². The number of Topliss-reactive ketones (excluding diaryl/α,β-unsaturated/α-hetero) is 1. The molecular weight excluding hydrogens is 374 g/mol. The molecule has 156 valence electrons. The Balaban J connectivity index is 1.73. The molecule has 0 atom stereocenters. The van der Waals surface area contributed by atoms with Gasteiger partial charge in [0.05, 0.1) is 11.4 Å². The molecule has 5 nitrogen and oxygen atoms in total. The molecule has 1 amide bonds. The minimum Gasteiger partial charge on any atom is -0.343 e. The molecule has 5 heteroatoms. The predicted octanol–water partition coefficient (Wildman–Crippen LogP) is 4.62. The SMILES string of the molecule is CC(=O)c1ccc(-c2nc3cc(C)ccn3c2CC2CCN(C(C)=O)CC2)c(C)c1. The molecule has 0 saturated carbocycles. The zero-order chi connectivity index (χ0) is 21.4. The highest BCUT2D eigenvalue weighted by molar-refractivity contribution is 5.95. The zero-order valence-electron chi connectivity index (χ0n) is 18.2. The molecule has 0 N–H and O–H groups in total. The lowest BCUT2D eigenvalue weighted by Gasteiger charge is -2.31. The summed E-state index contributed by atoms with van der Waals surface area (Å²) in [5, 5.41) is 0. The van der Waals surface area contributed by atoms with Gasteiger partial charge in [-0.15, -0.1) is 0 Å². The lowest BCUT2D eigenvalue weighted by molar-refractivity contribution is -0.130. The lowest BCUT2D eigenvalue weighted by Crippen LogP contribution is -2.37. The maximum absolute atomic E-state index is 11.8. The summed E-state index contributed by atoms with van der Waals surface area (Å²) in [6, 6.07) is 10.1. The Morgan fingerprint density at radius 2 is 1.80 bits per heavy atom. The van der Waals surface area contributed by atoms with E-state index in [9.17, 15) is 9.59 Å². The molecule has 1 fully saturated rings. The number of aromatic nitrogens is 2. The quantitative estimate of drug-likeness (QED) is 0.597. The van der Waals surface area contributed by atoms with Crippen LogP contribution < -0.4 is 0 Å². The largest absolute Gasteiger partial charge is 0.343 e. The zero-order valence-corrected chi connectivity index (χ0v) is 18.2. The van der Waals surface area contributed by atoms with Gasteiger partial charge < -0.3 is 9.30 Å². The molecule has 2 aromatic heterocycles. The molecule has 0 spiro atoms. The Labute approximate surface area is 177 Å². The van der Waals surface area contributed by atoms with Gasteiger partial charge in [0.25, 0.3) is 0 Å². The number of hydrogen-bond donors (Lipinski definition) is 0. The Morgan fingerprint density at radius 1 is 1.07 bits per heavy atom. The molecule has 1 aromatic carbocycles. The molecule has 4 rings (SSSR count). The second-order valence-corrected chi connectivity index (χ2v) is 8.58. The Hall–Kier alpha value is -2.95. The molecule has 0 bridgehead atoms. The van der Waals surface area contributed by atoms with Crippen molar-refractivity contribution in [3.05, 3.63) is 58.9 Å². The van der Waals surface area contributed by atoms with E-state index in [0.717, 1.165) is 60.4 Å². The third-order valence-electron chi connectivity index (χ3n) is 6.31. The lowest BCUT2D eigenvalue weighted by atomic mass is 9.90. The fourth-order valence-electron chi connectivity index (χ4n) is 4.48. The van der Waals surface area contributed by atoms with Crippen molar-refractivity contribution in [1.29, 1.82) is 0 Å². The molecule has 1 aliphatic rings. The van der Waals surface area contributed by atoms with Crippen molar-refractivity contribution in [3.8, 4) is 11.3 Å². The molecule has 0 radical (unpaired) electrons. The topological polar surface area (TPSA) is 54.7 Å². The standard InChI is InChI=1S/C25H29N3O2/c1-16-7-12-28-23(15-20-8-10-27(11-9-20)19(4)30)25(26-24(28)13-16)22-6-5-21(18(3)29)14-17(22)2/h5-7,12-14,20H,8-11,15H2,1-4H3. The van der Waals surface area contributed by atoms with Gasteiger partial charge in [0.2, 0.25) is 5.91 Å². The predicted molar refractivity (Wildman–Crippen MR) is 119 cm³/mol. The van der Waals surface area contributed by atoms with Gasteiger partial charge in [-0.05, 0) is 75.3 Å². The summed E-state index contributed by atoms with van der Waals surface area (Å²) < 4.78 is 2.21. The Morgan fingerprint density at radius 3 is 2.43 bits per heavy atom. The number of pyridine rings is 1. The van der Waals surface area contributed by atoms with Gasteiger partial charge in [-0.25, -0.2) is 4.98 Å². The summed E-state index contributed by atoms with van der Waals surface area (Å²) in [5.74, 6) is 0.769. The van der Waals surface area contributed by atoms with E-state index in [4.69, 9.17) is 4.98 Å². The van der Waals surface area contributed by atoms with Crippen molar-refractivity contribution in [2.24, 2.45) is 5.92 Å². The summed E-state index contributed by atoms with van der Waals surface area (Å²) in [7, 11) is 0. The van der Waals surface area contributed by atoms with Crippen molar-refractivity contribution in [2.45, 2.75) is 47.0 Å². The van der Waals surface area contributed by atoms with Crippen molar-refractivity contribution < 1.29 is 9.59 Å². The minimum atomic E-state index is 0.0766. The van der Waals surface area contributed by atoms with Crippen molar-refractivity contribution in [2.75, 3.05) is 13.1 Å². The molecular formula is C25H29N3O2. The van der Waals surface area contributed by atoms with Crippen LogP contribution in [0, 0.1) is 19.8 Å². The van der Waals surface area contributed by atoms with E-state index < -0.39 is 0 Å². The summed E-state index contributed by atoms with van der Waals surface area (Å²) in [6.07, 6.45) is 5.07. The van der Waals surface area contributed by atoms with Crippen LogP contribution in [-0.2, 0) is 11.2 Å². The number of fused-ring (bicyclic) bond motifs is 1. The fourth-order valence-corrected chi connectivity index (χ4v) is 4.48. The van der Waals surface area contributed by atoms with Crippen LogP contribution in [0.5, 0.6) is 0 Å². The van der Waals surface area contributed by atoms with Gasteiger partial charge in [-0.2, -0.15) is 0 Å². The maximum atomic E-state index is 11.8. The number of carbonyl (C=O) groups excluding carboxylic acids is 2. The summed E-state index contributed by atoms with van der Waals surface area (Å²) in [6.45, 7) is 9.04. The van der Waals surface area contributed by atoms with Gasteiger partial charge in [-0.3, -0.25) is 9.59 Å². The van der Waals surface area contributed by atoms with Crippen LogP contribution in [0.4, 0.5) is 0 Å². The maximum Gasteiger partial charge on any atom is 0.219 e. The number of benzene rings is 1. The number of hydrogen-bond acceptors (Lipinski definition) is 3. The molecule has 0 aliphatic carbocycles. The van der Waals surface area contributed by atoms with Crippen LogP contribution in [0.2, 0.25) is 0 Å². The van der Waals surface area contributed by atoms with E-state index in [1.54, 1.807) is 13.8 Å². The van der Waals surface area contributed by atoms with Crippen molar-refractivity contribution in [3.63, 3.8) is 0 Å². The van der Waals surface area contributed by atoms with Crippen LogP contribution in [0.25, 0.3) is 16.9 Å². The first-order valence-corrected chi connectivity index (χ1v) is 10.7.